The Kier molecular flexibility index (Phi) is 6.22. The maximum atomic E-state index is 12.6. The second-order valence-electron chi connectivity index (χ2n) is 7.23. The van der Waals surface area contributed by atoms with Crippen LogP contribution in [0.1, 0.15) is 25.3 Å². The van der Waals surface area contributed by atoms with Crippen molar-refractivity contribution in [1.82, 2.24) is 5.32 Å². The second kappa shape index (κ2) is 8.67. The van der Waals surface area contributed by atoms with Crippen molar-refractivity contribution in [1.29, 1.82) is 0 Å². The highest BCUT2D eigenvalue weighted by atomic mass is 35.5. The molecule has 2 aromatic carbocycles. The van der Waals surface area contributed by atoms with Crippen LogP contribution in [0.25, 0.3) is 0 Å². The summed E-state index contributed by atoms with van der Waals surface area (Å²) in [5.41, 5.74) is 0.798. The summed E-state index contributed by atoms with van der Waals surface area (Å²) in [5.74, 6) is -0.320. The number of hydrogen-bond donors (Lipinski definition) is 2. The van der Waals surface area contributed by atoms with Crippen LogP contribution in [0.4, 0.5) is 10.5 Å². The first-order chi connectivity index (χ1) is 14.2. The second-order valence-corrected chi connectivity index (χ2v) is 7.67. The number of halogens is 1. The zero-order valence-corrected chi connectivity index (χ0v) is 17.9. The van der Waals surface area contributed by atoms with Crippen LogP contribution < -0.4 is 15.4 Å². The number of urea groups is 1. The quantitative estimate of drug-likeness (QED) is 0.684. The lowest BCUT2D eigenvalue weighted by atomic mass is 9.81. The van der Waals surface area contributed by atoms with Gasteiger partial charge in [-0.05, 0) is 55.8 Å². The van der Waals surface area contributed by atoms with Crippen LogP contribution in [0.5, 0.6) is 5.75 Å². The number of esters is 1. The maximum absolute atomic E-state index is 12.6. The zero-order chi connectivity index (χ0) is 21.9. The molecule has 0 bridgehead atoms. The summed E-state index contributed by atoms with van der Waals surface area (Å²) in [7, 11) is 2.85. The Balaban J connectivity index is 1.89. The zero-order valence-electron chi connectivity index (χ0n) is 17.1. The highest BCUT2D eigenvalue weighted by Crippen LogP contribution is 2.45. The molecule has 0 aromatic heterocycles. The van der Waals surface area contributed by atoms with Gasteiger partial charge in [0.2, 0.25) is 5.88 Å². The van der Waals surface area contributed by atoms with Crippen LogP contribution in [0.2, 0.25) is 5.02 Å². The number of rotatable bonds is 5. The number of ether oxygens (including phenoxy) is 3. The molecule has 0 unspecified atom stereocenters. The van der Waals surface area contributed by atoms with Crippen LogP contribution in [-0.4, -0.2) is 31.8 Å². The standard InChI is InChI=1S/C22H23ClN2O5/c1-22(2)18(13-5-7-14(23)8-6-13)17(20(26)29-4)19(30-22)25-21(27)24-15-9-11-16(28-3)12-10-15/h5-12,18H,1-4H3,(H2,24,25,27)/t18-/m1/s1. The van der Waals surface area contributed by atoms with Gasteiger partial charge in [0, 0.05) is 10.7 Å². The number of benzene rings is 2. The first-order valence-electron chi connectivity index (χ1n) is 9.24. The molecular formula is C22H23ClN2O5. The highest BCUT2D eigenvalue weighted by Gasteiger charge is 2.48. The molecule has 2 N–H and O–H groups in total. The third kappa shape index (κ3) is 4.52. The van der Waals surface area contributed by atoms with E-state index in [2.05, 4.69) is 10.6 Å². The van der Waals surface area contributed by atoms with E-state index in [4.69, 9.17) is 25.8 Å². The fraction of sp³-hybridized carbons (Fsp3) is 0.273. The third-order valence-electron chi connectivity index (χ3n) is 4.78. The Bertz CT molecular complexity index is 968. The largest absolute Gasteiger partial charge is 0.497 e. The fourth-order valence-corrected chi connectivity index (χ4v) is 3.56. The molecule has 1 aliphatic heterocycles. The summed E-state index contributed by atoms with van der Waals surface area (Å²) in [6, 6.07) is 13.4. The lowest BCUT2D eigenvalue weighted by molar-refractivity contribution is -0.136. The van der Waals surface area contributed by atoms with Gasteiger partial charge in [0.1, 0.15) is 16.9 Å². The molecule has 7 nitrogen and oxygen atoms in total. The predicted molar refractivity (Wildman–Crippen MR) is 114 cm³/mol. The van der Waals surface area contributed by atoms with E-state index in [0.717, 1.165) is 5.56 Å². The van der Waals surface area contributed by atoms with Crippen LogP contribution in [0.15, 0.2) is 60.0 Å². The Morgan fingerprint density at radius 2 is 1.63 bits per heavy atom. The minimum atomic E-state index is -0.805. The average Bonchev–Trinajstić information content (AvgIpc) is 2.98. The SMILES string of the molecule is COC(=O)C1=C(NC(=O)Nc2ccc(OC)cc2)OC(C)(C)[C@@H]1c1ccc(Cl)cc1. The molecule has 0 saturated heterocycles. The van der Waals surface area contributed by atoms with Gasteiger partial charge in [0.05, 0.1) is 20.1 Å². The molecule has 0 spiro atoms. The van der Waals surface area contributed by atoms with Gasteiger partial charge in [-0.15, -0.1) is 0 Å². The molecule has 0 radical (unpaired) electrons. The lowest BCUT2D eigenvalue weighted by Crippen LogP contribution is -2.32. The number of hydrogen-bond acceptors (Lipinski definition) is 5. The Morgan fingerprint density at radius 3 is 2.20 bits per heavy atom. The van der Waals surface area contributed by atoms with Crippen molar-refractivity contribution in [3.05, 3.63) is 70.6 Å². The summed E-state index contributed by atoms with van der Waals surface area (Å²) in [4.78, 5) is 25.1. The van der Waals surface area contributed by atoms with E-state index in [1.165, 1.54) is 7.11 Å². The predicted octanol–water partition coefficient (Wildman–Crippen LogP) is 4.45. The van der Waals surface area contributed by atoms with Crippen molar-refractivity contribution < 1.29 is 23.8 Å². The van der Waals surface area contributed by atoms with Gasteiger partial charge < -0.3 is 19.5 Å². The lowest BCUT2D eigenvalue weighted by Gasteiger charge is -2.28. The topological polar surface area (TPSA) is 85.9 Å². The molecule has 8 heteroatoms. The number of carbonyl (C=O) groups excluding carboxylic acids is 2. The van der Waals surface area contributed by atoms with Crippen LogP contribution in [-0.2, 0) is 14.3 Å². The smallest absolute Gasteiger partial charge is 0.339 e. The number of nitrogens with one attached hydrogen (secondary N) is 2. The normalized spacial score (nSPS) is 17.2. The minimum absolute atomic E-state index is 0.0535. The molecule has 0 aliphatic carbocycles. The Labute approximate surface area is 180 Å². The van der Waals surface area contributed by atoms with E-state index < -0.39 is 23.5 Å². The van der Waals surface area contributed by atoms with E-state index in [1.54, 1.807) is 43.5 Å². The van der Waals surface area contributed by atoms with Crippen molar-refractivity contribution in [2.45, 2.75) is 25.4 Å². The monoisotopic (exact) mass is 430 g/mol. The summed E-state index contributed by atoms with van der Waals surface area (Å²) in [6.45, 7) is 3.68. The third-order valence-corrected chi connectivity index (χ3v) is 5.03. The van der Waals surface area contributed by atoms with Crippen LogP contribution in [0.3, 0.4) is 0 Å². The number of amides is 2. The van der Waals surface area contributed by atoms with Crippen LogP contribution in [0, 0.1) is 0 Å². The van der Waals surface area contributed by atoms with E-state index in [-0.39, 0.29) is 11.5 Å². The first-order valence-corrected chi connectivity index (χ1v) is 9.62. The van der Waals surface area contributed by atoms with Gasteiger partial charge in [0.25, 0.3) is 0 Å². The van der Waals surface area contributed by atoms with E-state index in [9.17, 15) is 9.59 Å². The molecular weight excluding hydrogens is 408 g/mol. The molecule has 2 aromatic rings. The number of anilines is 1. The van der Waals surface area contributed by atoms with E-state index >= 15 is 0 Å². The van der Waals surface area contributed by atoms with Crippen molar-refractivity contribution in [2.24, 2.45) is 0 Å². The molecule has 0 saturated carbocycles. The van der Waals surface area contributed by atoms with Crippen molar-refractivity contribution in [2.75, 3.05) is 19.5 Å². The molecule has 1 atom stereocenters. The van der Waals surface area contributed by atoms with Gasteiger partial charge >= 0.3 is 12.0 Å². The molecule has 30 heavy (non-hydrogen) atoms. The summed E-state index contributed by atoms with van der Waals surface area (Å²) < 4.78 is 16.1. The van der Waals surface area contributed by atoms with Gasteiger partial charge in [-0.1, -0.05) is 23.7 Å². The van der Waals surface area contributed by atoms with Crippen molar-refractivity contribution in [3.63, 3.8) is 0 Å². The summed E-state index contributed by atoms with van der Waals surface area (Å²) in [5, 5.41) is 5.91. The maximum Gasteiger partial charge on any atom is 0.339 e. The summed E-state index contributed by atoms with van der Waals surface area (Å²) >= 11 is 6.00. The molecule has 1 heterocycles. The Morgan fingerprint density at radius 1 is 1.00 bits per heavy atom. The molecule has 1 aliphatic rings. The van der Waals surface area contributed by atoms with Gasteiger partial charge in [0.15, 0.2) is 0 Å². The van der Waals surface area contributed by atoms with Gasteiger partial charge in [-0.25, -0.2) is 9.59 Å². The van der Waals surface area contributed by atoms with Crippen molar-refractivity contribution in [3.8, 4) is 5.75 Å². The highest BCUT2D eigenvalue weighted by molar-refractivity contribution is 6.30. The first kappa shape index (κ1) is 21.5. The van der Waals surface area contributed by atoms with Gasteiger partial charge in [-0.2, -0.15) is 0 Å². The molecule has 158 valence electrons. The summed E-state index contributed by atoms with van der Waals surface area (Å²) in [6.07, 6.45) is 0. The van der Waals surface area contributed by atoms with Crippen molar-refractivity contribution >= 4 is 29.3 Å². The molecule has 3 rings (SSSR count). The average molecular weight is 431 g/mol. The van der Waals surface area contributed by atoms with Gasteiger partial charge in [-0.3, -0.25) is 5.32 Å². The number of methoxy groups -OCH3 is 2. The van der Waals surface area contributed by atoms with E-state index in [1.807, 2.05) is 26.0 Å². The van der Waals surface area contributed by atoms with Crippen LogP contribution >= 0.6 is 11.6 Å². The van der Waals surface area contributed by atoms with E-state index in [0.29, 0.717) is 16.5 Å². The Hall–Kier alpha value is -3.19. The fourth-order valence-electron chi connectivity index (χ4n) is 3.43. The molecule has 2 amide bonds. The molecule has 0 fully saturated rings. The number of carbonyl (C=O) groups is 2. The minimum Gasteiger partial charge on any atom is -0.497 e.